The third-order valence-corrected chi connectivity index (χ3v) is 4.34. The summed E-state index contributed by atoms with van der Waals surface area (Å²) in [6.45, 7) is 0. The van der Waals surface area contributed by atoms with Gasteiger partial charge in [0.15, 0.2) is 0 Å². The van der Waals surface area contributed by atoms with Gasteiger partial charge in [-0.2, -0.15) is 0 Å². The van der Waals surface area contributed by atoms with Crippen LogP contribution in [0.15, 0.2) is 36.7 Å². The largest absolute Gasteiger partial charge is 0.481 e. The topological polar surface area (TPSA) is 105 Å². The number of fused-ring (bicyclic) bond motifs is 1. The van der Waals surface area contributed by atoms with Gasteiger partial charge in [-0.1, -0.05) is 0 Å². The van der Waals surface area contributed by atoms with E-state index in [2.05, 4.69) is 15.3 Å². The molecule has 0 amide bonds. The molecule has 2 aromatic heterocycles. The van der Waals surface area contributed by atoms with Crippen molar-refractivity contribution in [3.05, 3.63) is 53.9 Å². The summed E-state index contributed by atoms with van der Waals surface area (Å²) in [6.07, 6.45) is 2.17. The van der Waals surface area contributed by atoms with E-state index in [0.717, 1.165) is 12.1 Å². The van der Waals surface area contributed by atoms with Crippen LogP contribution in [0.1, 0.15) is 5.56 Å². The van der Waals surface area contributed by atoms with Crippen molar-refractivity contribution in [2.45, 2.75) is 6.16 Å². The summed E-state index contributed by atoms with van der Waals surface area (Å²) in [7, 11) is -2.97. The molecule has 0 fully saturated rings. The van der Waals surface area contributed by atoms with Crippen LogP contribution in [0.4, 0.5) is 20.2 Å². The Hall–Kier alpha value is -2.61. The number of aromatic nitrogens is 2. The van der Waals surface area contributed by atoms with Gasteiger partial charge in [0.05, 0.1) is 24.5 Å². The number of nitrogens with one attached hydrogen (secondary N) is 1. The van der Waals surface area contributed by atoms with Gasteiger partial charge in [0.2, 0.25) is 5.88 Å². The quantitative estimate of drug-likeness (QED) is 0.582. The summed E-state index contributed by atoms with van der Waals surface area (Å²) in [5.41, 5.74) is 0.305. The van der Waals surface area contributed by atoms with Crippen LogP contribution >= 0.6 is 7.60 Å². The van der Waals surface area contributed by atoms with Crippen molar-refractivity contribution < 1.29 is 27.9 Å². The average molecular weight is 381 g/mol. The lowest BCUT2D eigenvalue weighted by atomic mass is 10.2. The maximum Gasteiger partial charge on any atom is 0.329 e. The summed E-state index contributed by atoms with van der Waals surface area (Å²) in [4.78, 5) is 26.1. The Balaban J connectivity index is 1.99. The molecule has 0 saturated carbocycles. The van der Waals surface area contributed by atoms with Gasteiger partial charge in [0.25, 0.3) is 0 Å². The summed E-state index contributed by atoms with van der Waals surface area (Å²) < 4.78 is 44.6. The molecular formula is C16H14F2N3O4P. The Morgan fingerprint density at radius 3 is 2.50 bits per heavy atom. The highest BCUT2D eigenvalue weighted by Crippen LogP contribution is 2.40. The number of hydrogen-bond donors (Lipinski definition) is 3. The average Bonchev–Trinajstić information content (AvgIpc) is 2.56. The maximum absolute atomic E-state index is 14.3. The van der Waals surface area contributed by atoms with E-state index in [1.807, 2.05) is 0 Å². The zero-order valence-electron chi connectivity index (χ0n) is 13.5. The normalized spacial score (nSPS) is 11.6. The third kappa shape index (κ3) is 3.96. The van der Waals surface area contributed by atoms with E-state index < -0.39 is 31.1 Å². The Labute approximate surface area is 146 Å². The van der Waals surface area contributed by atoms with E-state index in [1.165, 1.54) is 25.6 Å². The molecule has 3 N–H and O–H groups in total. The van der Waals surface area contributed by atoms with Crippen molar-refractivity contribution in [2.24, 2.45) is 0 Å². The second kappa shape index (κ2) is 6.95. The first-order chi connectivity index (χ1) is 12.3. The van der Waals surface area contributed by atoms with Crippen LogP contribution in [0.5, 0.6) is 5.88 Å². The van der Waals surface area contributed by atoms with Gasteiger partial charge in [0, 0.05) is 23.8 Å². The fraction of sp³-hybridized carbons (Fsp3) is 0.125. The minimum absolute atomic E-state index is 0.134. The highest BCUT2D eigenvalue weighted by atomic mass is 31.2. The molecule has 0 unspecified atom stereocenters. The zero-order valence-corrected chi connectivity index (χ0v) is 14.4. The van der Waals surface area contributed by atoms with Crippen LogP contribution in [0, 0.1) is 11.6 Å². The molecule has 0 atom stereocenters. The number of pyridine rings is 2. The molecule has 26 heavy (non-hydrogen) atoms. The predicted octanol–water partition coefficient (Wildman–Crippen LogP) is 3.34. The second-order valence-corrected chi connectivity index (χ2v) is 7.13. The van der Waals surface area contributed by atoms with Gasteiger partial charge in [0.1, 0.15) is 17.3 Å². The van der Waals surface area contributed by atoms with E-state index in [4.69, 9.17) is 14.5 Å². The van der Waals surface area contributed by atoms with Crippen molar-refractivity contribution in [1.29, 1.82) is 0 Å². The minimum atomic E-state index is -4.43. The first-order valence-electron chi connectivity index (χ1n) is 7.35. The van der Waals surface area contributed by atoms with Gasteiger partial charge < -0.3 is 19.8 Å². The monoisotopic (exact) mass is 381 g/mol. The molecule has 7 nitrogen and oxygen atoms in total. The number of methoxy groups -OCH3 is 1. The van der Waals surface area contributed by atoms with Crippen LogP contribution in [0.25, 0.3) is 10.9 Å². The van der Waals surface area contributed by atoms with Crippen molar-refractivity contribution in [2.75, 3.05) is 12.4 Å². The standard InChI is InChI=1S/C16H14F2N3O4P/c1-25-15-6-14-10(7-20-15)13(2-3-19-14)21-16-11(17)4-9(5-12(16)18)8-26(22,23)24/h2-7H,8H2,1H3,(H,19,21)(H2,22,23,24). The molecule has 3 rings (SSSR count). The Morgan fingerprint density at radius 2 is 1.88 bits per heavy atom. The fourth-order valence-corrected chi connectivity index (χ4v) is 3.11. The maximum atomic E-state index is 14.3. The first-order valence-corrected chi connectivity index (χ1v) is 9.15. The van der Waals surface area contributed by atoms with Crippen LogP contribution in [-0.2, 0) is 10.7 Å². The molecule has 3 aromatic rings. The molecule has 0 bridgehead atoms. The van der Waals surface area contributed by atoms with E-state index in [1.54, 1.807) is 6.07 Å². The van der Waals surface area contributed by atoms with E-state index in [-0.39, 0.29) is 5.56 Å². The van der Waals surface area contributed by atoms with Crippen LogP contribution in [0.3, 0.4) is 0 Å². The third-order valence-electron chi connectivity index (χ3n) is 3.56. The lowest BCUT2D eigenvalue weighted by Crippen LogP contribution is -2.01. The number of rotatable bonds is 5. The Bertz CT molecular complexity index is 1000. The van der Waals surface area contributed by atoms with Gasteiger partial charge in [-0.3, -0.25) is 9.55 Å². The smallest absolute Gasteiger partial charge is 0.329 e. The molecule has 136 valence electrons. The molecule has 0 saturated heterocycles. The number of hydrogen-bond acceptors (Lipinski definition) is 5. The van der Waals surface area contributed by atoms with E-state index >= 15 is 0 Å². The molecular weight excluding hydrogens is 367 g/mol. The Kier molecular flexibility index (Phi) is 4.86. The van der Waals surface area contributed by atoms with Crippen molar-refractivity contribution in [3.8, 4) is 5.88 Å². The highest BCUT2D eigenvalue weighted by Gasteiger charge is 2.19. The molecule has 0 aliphatic rings. The van der Waals surface area contributed by atoms with Gasteiger partial charge in [-0.25, -0.2) is 13.8 Å². The van der Waals surface area contributed by atoms with E-state index in [9.17, 15) is 13.3 Å². The Morgan fingerprint density at radius 1 is 1.19 bits per heavy atom. The highest BCUT2D eigenvalue weighted by molar-refractivity contribution is 7.50. The first kappa shape index (κ1) is 18.2. The van der Waals surface area contributed by atoms with Crippen molar-refractivity contribution >= 4 is 29.9 Å². The molecule has 0 aliphatic heterocycles. The van der Waals surface area contributed by atoms with Crippen molar-refractivity contribution in [3.63, 3.8) is 0 Å². The summed E-state index contributed by atoms with van der Waals surface area (Å²) in [6, 6.07) is 4.87. The number of benzene rings is 1. The lowest BCUT2D eigenvalue weighted by Gasteiger charge is -2.13. The number of ether oxygens (including phenoxy) is 1. The van der Waals surface area contributed by atoms with Gasteiger partial charge in [-0.05, 0) is 23.8 Å². The number of halogens is 2. The fourth-order valence-electron chi connectivity index (χ4n) is 2.45. The SMILES string of the molecule is COc1cc2nccc(Nc3c(F)cc(CP(=O)(O)O)cc3F)c2cn1. The summed E-state index contributed by atoms with van der Waals surface area (Å²) in [5, 5.41) is 3.17. The van der Waals surface area contributed by atoms with Crippen LogP contribution in [-0.4, -0.2) is 26.9 Å². The van der Waals surface area contributed by atoms with Crippen LogP contribution in [0.2, 0.25) is 0 Å². The van der Waals surface area contributed by atoms with Crippen LogP contribution < -0.4 is 10.1 Å². The number of anilines is 2. The minimum Gasteiger partial charge on any atom is -0.481 e. The lowest BCUT2D eigenvalue weighted by molar-refractivity contribution is 0.371. The molecule has 2 heterocycles. The summed E-state index contributed by atoms with van der Waals surface area (Å²) in [5.74, 6) is -1.60. The summed E-state index contributed by atoms with van der Waals surface area (Å²) >= 11 is 0. The molecule has 1 aromatic carbocycles. The molecule has 10 heteroatoms. The molecule has 0 aliphatic carbocycles. The van der Waals surface area contributed by atoms with E-state index in [0.29, 0.717) is 22.5 Å². The van der Waals surface area contributed by atoms with Gasteiger partial charge in [-0.15, -0.1) is 0 Å². The second-order valence-electron chi connectivity index (χ2n) is 5.48. The predicted molar refractivity (Wildman–Crippen MR) is 91.5 cm³/mol. The zero-order chi connectivity index (χ0) is 18.9. The van der Waals surface area contributed by atoms with Crippen molar-refractivity contribution in [1.82, 2.24) is 9.97 Å². The molecule has 0 spiro atoms. The number of nitrogens with zero attached hydrogens (tertiary/aromatic N) is 2. The molecule has 0 radical (unpaired) electrons. The van der Waals surface area contributed by atoms with Gasteiger partial charge >= 0.3 is 7.60 Å².